The maximum Gasteiger partial charge on any atom is 0.322 e. The lowest BCUT2D eigenvalue weighted by Crippen LogP contribution is -2.40. The summed E-state index contributed by atoms with van der Waals surface area (Å²) in [4.78, 5) is 36.6. The summed E-state index contributed by atoms with van der Waals surface area (Å²) in [5.74, 6) is 0.104. The number of urea groups is 1. The number of rotatable bonds is 6. The first-order chi connectivity index (χ1) is 8.97. The lowest BCUT2D eigenvalue weighted by Gasteiger charge is -2.24. The molecular formula is C13H21N3O3. The molecule has 0 aromatic carbocycles. The minimum atomic E-state index is -0.708. The van der Waals surface area contributed by atoms with Gasteiger partial charge in [-0.1, -0.05) is 13.8 Å². The average Bonchev–Trinajstić information content (AvgIpc) is 3.07. The van der Waals surface area contributed by atoms with Crippen LogP contribution < -0.4 is 10.6 Å². The van der Waals surface area contributed by atoms with Gasteiger partial charge in [0.25, 0.3) is 5.91 Å². The van der Waals surface area contributed by atoms with Gasteiger partial charge in [0.15, 0.2) is 0 Å². The van der Waals surface area contributed by atoms with Crippen LogP contribution in [0.3, 0.4) is 0 Å². The van der Waals surface area contributed by atoms with E-state index in [2.05, 4.69) is 24.5 Å². The summed E-state index contributed by atoms with van der Waals surface area (Å²) in [6, 6.07) is -0.880. The topological polar surface area (TPSA) is 78.5 Å². The van der Waals surface area contributed by atoms with Gasteiger partial charge in [0.2, 0.25) is 5.91 Å². The number of amides is 4. The number of hydrogen-bond donors (Lipinski definition) is 2. The Morgan fingerprint density at radius 3 is 2.53 bits per heavy atom. The Bertz CT molecular complexity index is 391. The van der Waals surface area contributed by atoms with Crippen LogP contribution in [-0.4, -0.2) is 41.4 Å². The third kappa shape index (κ3) is 3.68. The molecule has 2 aliphatic rings. The van der Waals surface area contributed by atoms with E-state index in [-0.39, 0.29) is 12.3 Å². The third-order valence-corrected chi connectivity index (χ3v) is 3.49. The second-order valence-corrected chi connectivity index (χ2v) is 5.72. The molecule has 4 amide bonds. The number of imide groups is 1. The Hall–Kier alpha value is -1.59. The largest absolute Gasteiger partial charge is 0.340 e. The molecule has 106 valence electrons. The molecule has 19 heavy (non-hydrogen) atoms. The van der Waals surface area contributed by atoms with Gasteiger partial charge in [-0.05, 0) is 25.2 Å². The fraction of sp³-hybridized carbons (Fsp3) is 0.769. The predicted octanol–water partition coefficient (Wildman–Crippen LogP) is 0.622. The minimum absolute atomic E-state index is 0.0366. The van der Waals surface area contributed by atoms with Crippen LogP contribution in [0.15, 0.2) is 0 Å². The maximum absolute atomic E-state index is 12.2. The van der Waals surface area contributed by atoms with E-state index in [0.717, 1.165) is 25.8 Å². The smallest absolute Gasteiger partial charge is 0.322 e. The van der Waals surface area contributed by atoms with Gasteiger partial charge in [-0.2, -0.15) is 0 Å². The number of carbonyl (C=O) groups is 3. The number of nitrogens with zero attached hydrogens (tertiary/aromatic N) is 1. The SMILES string of the molecule is CC(C)CCN(C(=O)C[C@@H]1NC(=O)NC1=O)C1CC1. The molecule has 0 unspecified atom stereocenters. The van der Waals surface area contributed by atoms with Crippen molar-refractivity contribution in [2.24, 2.45) is 5.92 Å². The fourth-order valence-corrected chi connectivity index (χ4v) is 2.19. The number of carbonyl (C=O) groups excluding carboxylic acids is 3. The zero-order valence-corrected chi connectivity index (χ0v) is 11.4. The Morgan fingerprint density at radius 2 is 2.05 bits per heavy atom. The van der Waals surface area contributed by atoms with E-state index >= 15 is 0 Å². The maximum atomic E-state index is 12.2. The minimum Gasteiger partial charge on any atom is -0.340 e. The molecule has 6 heteroatoms. The molecule has 1 heterocycles. The monoisotopic (exact) mass is 267 g/mol. The van der Waals surface area contributed by atoms with E-state index in [1.54, 1.807) is 0 Å². The van der Waals surface area contributed by atoms with Crippen LogP contribution in [0.5, 0.6) is 0 Å². The molecule has 0 radical (unpaired) electrons. The van der Waals surface area contributed by atoms with Crippen LogP contribution in [0.2, 0.25) is 0 Å². The molecule has 1 aliphatic heterocycles. The van der Waals surface area contributed by atoms with Crippen LogP contribution in [0.4, 0.5) is 4.79 Å². The van der Waals surface area contributed by atoms with E-state index in [9.17, 15) is 14.4 Å². The summed E-state index contributed by atoms with van der Waals surface area (Å²) in [5.41, 5.74) is 0. The highest BCUT2D eigenvalue weighted by Crippen LogP contribution is 2.28. The van der Waals surface area contributed by atoms with Crippen LogP contribution >= 0.6 is 0 Å². The number of nitrogens with one attached hydrogen (secondary N) is 2. The summed E-state index contributed by atoms with van der Waals surface area (Å²) < 4.78 is 0. The van der Waals surface area contributed by atoms with Crippen molar-refractivity contribution in [3.63, 3.8) is 0 Å². The first kappa shape index (κ1) is 13.8. The van der Waals surface area contributed by atoms with Crippen LogP contribution in [0.1, 0.15) is 39.5 Å². The summed E-state index contributed by atoms with van der Waals surface area (Å²) in [7, 11) is 0. The van der Waals surface area contributed by atoms with Crippen molar-refractivity contribution in [1.29, 1.82) is 0 Å². The summed E-state index contributed by atoms with van der Waals surface area (Å²) in [6.45, 7) is 4.99. The Balaban J connectivity index is 1.88. The summed E-state index contributed by atoms with van der Waals surface area (Å²) >= 11 is 0. The Morgan fingerprint density at radius 1 is 1.37 bits per heavy atom. The molecule has 0 bridgehead atoms. The third-order valence-electron chi connectivity index (χ3n) is 3.49. The normalized spacial score (nSPS) is 22.4. The van der Waals surface area contributed by atoms with Gasteiger partial charge >= 0.3 is 6.03 Å². The molecule has 1 aliphatic carbocycles. The highest BCUT2D eigenvalue weighted by Gasteiger charge is 2.37. The lowest BCUT2D eigenvalue weighted by atomic mass is 10.1. The van der Waals surface area contributed by atoms with E-state index in [0.29, 0.717) is 12.0 Å². The van der Waals surface area contributed by atoms with Crippen molar-refractivity contribution < 1.29 is 14.4 Å². The van der Waals surface area contributed by atoms with Gasteiger partial charge in [0.1, 0.15) is 6.04 Å². The highest BCUT2D eigenvalue weighted by atomic mass is 16.2. The molecule has 2 N–H and O–H groups in total. The van der Waals surface area contributed by atoms with Crippen LogP contribution in [0, 0.1) is 5.92 Å². The predicted molar refractivity (Wildman–Crippen MR) is 69.3 cm³/mol. The average molecular weight is 267 g/mol. The molecule has 0 aromatic rings. The summed E-state index contributed by atoms with van der Waals surface area (Å²) in [5, 5.41) is 4.61. The van der Waals surface area contributed by atoms with Crippen molar-refractivity contribution >= 4 is 17.8 Å². The van der Waals surface area contributed by atoms with Gasteiger partial charge in [0.05, 0.1) is 6.42 Å². The van der Waals surface area contributed by atoms with E-state index in [4.69, 9.17) is 0 Å². The molecule has 0 aromatic heterocycles. The number of hydrogen-bond acceptors (Lipinski definition) is 3. The zero-order chi connectivity index (χ0) is 14.0. The van der Waals surface area contributed by atoms with E-state index in [1.807, 2.05) is 4.90 Å². The molecular weight excluding hydrogens is 246 g/mol. The van der Waals surface area contributed by atoms with Crippen molar-refractivity contribution in [2.45, 2.75) is 51.6 Å². The molecule has 2 rings (SSSR count). The lowest BCUT2D eigenvalue weighted by molar-refractivity contribution is -0.134. The molecule has 1 saturated heterocycles. The van der Waals surface area contributed by atoms with E-state index < -0.39 is 18.0 Å². The van der Waals surface area contributed by atoms with Gasteiger partial charge in [-0.15, -0.1) is 0 Å². The van der Waals surface area contributed by atoms with Gasteiger partial charge in [-0.3, -0.25) is 14.9 Å². The zero-order valence-electron chi connectivity index (χ0n) is 11.4. The second-order valence-electron chi connectivity index (χ2n) is 5.72. The molecule has 1 saturated carbocycles. The van der Waals surface area contributed by atoms with Crippen molar-refractivity contribution in [2.75, 3.05) is 6.54 Å². The highest BCUT2D eigenvalue weighted by molar-refractivity contribution is 6.05. The first-order valence-corrected chi connectivity index (χ1v) is 6.88. The van der Waals surface area contributed by atoms with Gasteiger partial charge in [-0.25, -0.2) is 4.79 Å². The molecule has 6 nitrogen and oxygen atoms in total. The van der Waals surface area contributed by atoms with Crippen molar-refractivity contribution in [1.82, 2.24) is 15.5 Å². The van der Waals surface area contributed by atoms with Crippen LogP contribution in [0.25, 0.3) is 0 Å². The van der Waals surface area contributed by atoms with E-state index in [1.165, 1.54) is 0 Å². The van der Waals surface area contributed by atoms with Crippen molar-refractivity contribution in [3.05, 3.63) is 0 Å². The second kappa shape index (κ2) is 5.59. The van der Waals surface area contributed by atoms with Gasteiger partial charge in [0, 0.05) is 12.6 Å². The quantitative estimate of drug-likeness (QED) is 0.692. The Kier molecular flexibility index (Phi) is 4.07. The molecule has 0 spiro atoms. The van der Waals surface area contributed by atoms with Gasteiger partial charge < -0.3 is 10.2 Å². The standard InChI is InChI=1S/C13H21N3O3/c1-8(2)5-6-16(9-3-4-9)11(17)7-10-12(18)15-13(19)14-10/h8-10H,3-7H2,1-2H3,(H2,14,15,18,19)/t10-/m0/s1. The fourth-order valence-electron chi connectivity index (χ4n) is 2.19. The first-order valence-electron chi connectivity index (χ1n) is 6.88. The summed E-state index contributed by atoms with van der Waals surface area (Å²) in [6.07, 6.45) is 3.12. The molecule has 1 atom stereocenters. The Labute approximate surface area is 112 Å². The molecule has 2 fully saturated rings. The van der Waals surface area contributed by atoms with Crippen molar-refractivity contribution in [3.8, 4) is 0 Å². The van der Waals surface area contributed by atoms with Crippen LogP contribution in [-0.2, 0) is 9.59 Å².